The molecule has 2 heterocycles. The average molecular weight is 571 g/mol. The summed E-state index contributed by atoms with van der Waals surface area (Å²) >= 11 is 3.28. The number of aromatic nitrogens is 4. The SMILES string of the molecule is CN(C(=O)C=CCBr)c1cccc(-n2c(=O)n(-c3ccc(Oc4ccccc4)cc3)c3c(N)ncnc32)c1. The second-order valence-electron chi connectivity index (χ2n) is 8.27. The molecule has 0 unspecified atom stereocenters. The number of hydrogen-bond donors (Lipinski definition) is 1. The minimum absolute atomic E-state index is 0.166. The molecule has 9 nitrogen and oxygen atoms in total. The van der Waals surface area contributed by atoms with Crippen molar-refractivity contribution in [1.82, 2.24) is 19.1 Å². The van der Waals surface area contributed by atoms with Gasteiger partial charge in [-0.25, -0.2) is 19.3 Å². The van der Waals surface area contributed by atoms with E-state index in [9.17, 15) is 9.59 Å². The molecular weight excluding hydrogens is 548 g/mol. The number of nitrogens with zero attached hydrogens (tertiary/aromatic N) is 5. The van der Waals surface area contributed by atoms with Crippen LogP contribution in [0.15, 0.2) is 102 Å². The third-order valence-electron chi connectivity index (χ3n) is 5.88. The number of carbonyl (C=O) groups is 1. The zero-order valence-corrected chi connectivity index (χ0v) is 21.9. The number of para-hydroxylation sites is 1. The maximum atomic E-state index is 13.8. The van der Waals surface area contributed by atoms with Crippen molar-refractivity contribution in [3.8, 4) is 22.9 Å². The number of alkyl halides is 1. The number of amides is 1. The summed E-state index contributed by atoms with van der Waals surface area (Å²) in [6.07, 6.45) is 4.52. The molecule has 2 aromatic heterocycles. The first-order chi connectivity index (χ1) is 18.5. The van der Waals surface area contributed by atoms with E-state index >= 15 is 0 Å². The number of carbonyl (C=O) groups excluding carboxylic acids is 1. The highest BCUT2D eigenvalue weighted by atomic mass is 79.9. The van der Waals surface area contributed by atoms with E-state index in [1.54, 1.807) is 61.7 Å². The Kier molecular flexibility index (Phi) is 7.05. The summed E-state index contributed by atoms with van der Waals surface area (Å²) in [5.74, 6) is 1.30. The Morgan fingerprint density at radius 1 is 0.974 bits per heavy atom. The summed E-state index contributed by atoms with van der Waals surface area (Å²) in [6, 6.07) is 23.6. The molecular formula is C28H23BrN6O3. The van der Waals surface area contributed by atoms with Crippen LogP contribution in [0, 0.1) is 0 Å². The largest absolute Gasteiger partial charge is 0.457 e. The number of halogens is 1. The van der Waals surface area contributed by atoms with Crippen LogP contribution in [0.4, 0.5) is 11.5 Å². The van der Waals surface area contributed by atoms with Crippen LogP contribution >= 0.6 is 15.9 Å². The number of benzene rings is 3. The zero-order chi connectivity index (χ0) is 26.6. The molecule has 0 fully saturated rings. The number of allylic oxidation sites excluding steroid dienone is 1. The maximum absolute atomic E-state index is 13.8. The van der Waals surface area contributed by atoms with Gasteiger partial charge in [-0.2, -0.15) is 0 Å². The molecule has 0 aliphatic heterocycles. The van der Waals surface area contributed by atoms with Crippen molar-refractivity contribution in [3.05, 3.63) is 108 Å². The van der Waals surface area contributed by atoms with Crippen molar-refractivity contribution in [2.24, 2.45) is 0 Å². The van der Waals surface area contributed by atoms with Crippen molar-refractivity contribution >= 4 is 44.5 Å². The summed E-state index contributed by atoms with van der Waals surface area (Å²) in [4.78, 5) is 36.3. The maximum Gasteiger partial charge on any atom is 0.339 e. The average Bonchev–Trinajstić information content (AvgIpc) is 3.25. The molecule has 0 saturated carbocycles. The van der Waals surface area contributed by atoms with Crippen molar-refractivity contribution < 1.29 is 9.53 Å². The highest BCUT2D eigenvalue weighted by Crippen LogP contribution is 2.27. The van der Waals surface area contributed by atoms with E-state index in [4.69, 9.17) is 10.5 Å². The van der Waals surface area contributed by atoms with Crippen LogP contribution in [0.3, 0.4) is 0 Å². The Morgan fingerprint density at radius 3 is 2.45 bits per heavy atom. The third kappa shape index (κ3) is 4.81. The topological polar surface area (TPSA) is 108 Å². The van der Waals surface area contributed by atoms with Crippen LogP contribution in [0.1, 0.15) is 0 Å². The molecule has 1 amide bonds. The molecule has 0 aliphatic carbocycles. The molecule has 2 N–H and O–H groups in total. The predicted octanol–water partition coefficient (Wildman–Crippen LogP) is 4.86. The molecule has 3 aromatic carbocycles. The molecule has 0 bridgehead atoms. The van der Waals surface area contributed by atoms with Crippen molar-refractivity contribution in [3.63, 3.8) is 0 Å². The highest BCUT2D eigenvalue weighted by molar-refractivity contribution is 9.09. The van der Waals surface area contributed by atoms with Gasteiger partial charge in [0.1, 0.15) is 23.3 Å². The number of rotatable bonds is 7. The Balaban J connectivity index is 1.59. The molecule has 190 valence electrons. The van der Waals surface area contributed by atoms with Crippen LogP contribution in [0.5, 0.6) is 11.5 Å². The van der Waals surface area contributed by atoms with E-state index in [1.165, 1.54) is 26.4 Å². The van der Waals surface area contributed by atoms with Gasteiger partial charge in [-0.15, -0.1) is 0 Å². The van der Waals surface area contributed by atoms with Gasteiger partial charge in [0.05, 0.1) is 11.4 Å². The summed E-state index contributed by atoms with van der Waals surface area (Å²) in [7, 11) is 1.67. The fourth-order valence-corrected chi connectivity index (χ4v) is 4.22. The molecule has 0 radical (unpaired) electrons. The van der Waals surface area contributed by atoms with Crippen molar-refractivity contribution in [1.29, 1.82) is 0 Å². The third-order valence-corrected chi connectivity index (χ3v) is 6.25. The highest BCUT2D eigenvalue weighted by Gasteiger charge is 2.21. The van der Waals surface area contributed by atoms with Gasteiger partial charge in [-0.1, -0.05) is 46.3 Å². The monoisotopic (exact) mass is 570 g/mol. The molecule has 38 heavy (non-hydrogen) atoms. The molecule has 0 atom stereocenters. The van der Waals surface area contributed by atoms with Crippen LogP contribution in [0.2, 0.25) is 0 Å². The van der Waals surface area contributed by atoms with Gasteiger partial charge in [0, 0.05) is 24.1 Å². The van der Waals surface area contributed by atoms with E-state index in [2.05, 4.69) is 25.9 Å². The number of ether oxygens (including phenoxy) is 1. The number of anilines is 2. The number of likely N-dealkylation sites (N-methyl/N-ethyl adjacent to an activating group) is 1. The number of nitrogen functional groups attached to an aromatic ring is 1. The second kappa shape index (κ2) is 10.7. The van der Waals surface area contributed by atoms with E-state index in [-0.39, 0.29) is 17.4 Å². The Bertz CT molecular complexity index is 1690. The summed E-state index contributed by atoms with van der Waals surface area (Å²) in [5, 5.41) is 0.571. The second-order valence-corrected chi connectivity index (χ2v) is 8.91. The number of hydrogen-bond acceptors (Lipinski definition) is 6. The van der Waals surface area contributed by atoms with Gasteiger partial charge < -0.3 is 15.4 Å². The normalized spacial score (nSPS) is 11.2. The molecule has 5 rings (SSSR count). The smallest absolute Gasteiger partial charge is 0.339 e. The minimum Gasteiger partial charge on any atom is -0.457 e. The van der Waals surface area contributed by atoms with Crippen LogP contribution < -0.4 is 21.1 Å². The number of nitrogens with two attached hydrogens (primary N) is 1. The Morgan fingerprint density at radius 2 is 1.71 bits per heavy atom. The number of fused-ring (bicyclic) bond motifs is 1. The standard InChI is InChI=1S/C28H23BrN6O3/c1-33(24(36)11-6-16-29)20-7-5-8-21(17-20)35-27-25(26(30)31-18-32-27)34(28(35)37)19-12-14-23(15-13-19)38-22-9-3-2-4-10-22/h2-15,17-18H,16H2,1H3,(H2,30,31,32). The van der Waals surface area contributed by atoms with E-state index in [0.717, 1.165) is 0 Å². The van der Waals surface area contributed by atoms with Gasteiger partial charge in [0.25, 0.3) is 0 Å². The van der Waals surface area contributed by atoms with E-state index < -0.39 is 0 Å². The first-order valence-corrected chi connectivity index (χ1v) is 12.8. The van der Waals surface area contributed by atoms with Gasteiger partial charge in [-0.3, -0.25) is 9.36 Å². The molecule has 0 saturated heterocycles. The van der Waals surface area contributed by atoms with Gasteiger partial charge in [0.15, 0.2) is 11.5 Å². The summed E-state index contributed by atoms with van der Waals surface area (Å²) < 4.78 is 8.81. The number of imidazole rings is 1. The Hall–Kier alpha value is -4.70. The van der Waals surface area contributed by atoms with Gasteiger partial charge in [-0.05, 0) is 54.6 Å². The quantitative estimate of drug-likeness (QED) is 0.221. The molecule has 10 heteroatoms. The molecule has 5 aromatic rings. The van der Waals surface area contributed by atoms with Crippen molar-refractivity contribution in [2.75, 3.05) is 23.0 Å². The fraction of sp³-hybridized carbons (Fsp3) is 0.0714. The fourth-order valence-electron chi connectivity index (χ4n) is 4.03. The lowest BCUT2D eigenvalue weighted by Crippen LogP contribution is -2.25. The minimum atomic E-state index is -0.380. The Labute approximate surface area is 226 Å². The zero-order valence-electron chi connectivity index (χ0n) is 20.4. The van der Waals surface area contributed by atoms with Crippen molar-refractivity contribution in [2.45, 2.75) is 0 Å². The summed E-state index contributed by atoms with van der Waals surface area (Å²) in [6.45, 7) is 0. The van der Waals surface area contributed by atoms with Gasteiger partial charge >= 0.3 is 5.69 Å². The first kappa shape index (κ1) is 25.0. The van der Waals surface area contributed by atoms with Crippen LogP contribution in [-0.4, -0.2) is 37.4 Å². The van der Waals surface area contributed by atoms with Crippen LogP contribution in [-0.2, 0) is 4.79 Å². The molecule has 0 aliphatic rings. The van der Waals surface area contributed by atoms with E-state index in [0.29, 0.717) is 45.1 Å². The lowest BCUT2D eigenvalue weighted by molar-refractivity contribution is -0.113. The van der Waals surface area contributed by atoms with Crippen LogP contribution in [0.25, 0.3) is 22.5 Å². The first-order valence-electron chi connectivity index (χ1n) is 11.7. The predicted molar refractivity (Wildman–Crippen MR) is 152 cm³/mol. The molecule has 0 spiro atoms. The lowest BCUT2D eigenvalue weighted by atomic mass is 10.2. The van der Waals surface area contributed by atoms with Gasteiger partial charge in [0.2, 0.25) is 5.91 Å². The van der Waals surface area contributed by atoms with E-state index in [1.807, 2.05) is 30.3 Å². The summed E-state index contributed by atoms with van der Waals surface area (Å²) in [5.41, 5.74) is 8.30. The lowest BCUT2D eigenvalue weighted by Gasteiger charge is -2.16.